The molecule has 0 radical (unpaired) electrons. The van der Waals surface area contributed by atoms with Gasteiger partial charge in [0.2, 0.25) is 0 Å². The number of benzene rings is 1. The number of carbonyl (C=O) groups is 2. The Hall–Kier alpha value is -2.34. The van der Waals surface area contributed by atoms with Crippen LogP contribution >= 0.6 is 11.6 Å². The van der Waals surface area contributed by atoms with Crippen LogP contribution in [0.2, 0.25) is 5.02 Å². The zero-order chi connectivity index (χ0) is 16.3. The fourth-order valence-electron chi connectivity index (χ4n) is 1.95. The molecule has 7 heteroatoms. The van der Waals surface area contributed by atoms with E-state index in [9.17, 15) is 9.59 Å². The summed E-state index contributed by atoms with van der Waals surface area (Å²) in [6, 6.07) is 8.08. The number of hydrogen-bond donors (Lipinski definition) is 1. The standard InChI is InChI=1S/C15H16ClN3O3/c1-9(15(21)22-3)17-14(20)13-8-12(18-19(13)2)10-4-6-11(16)7-5-10/h4-9H,1-3H3,(H,17,20)/t9-/m0/s1. The minimum atomic E-state index is -0.730. The third kappa shape index (κ3) is 3.46. The summed E-state index contributed by atoms with van der Waals surface area (Å²) in [6.07, 6.45) is 0. The molecule has 1 heterocycles. The Morgan fingerprint density at radius 1 is 1.32 bits per heavy atom. The predicted octanol–water partition coefficient (Wildman–Crippen LogP) is 2.03. The van der Waals surface area contributed by atoms with Gasteiger partial charge in [-0.2, -0.15) is 5.10 Å². The summed E-state index contributed by atoms with van der Waals surface area (Å²) < 4.78 is 6.04. The first-order chi connectivity index (χ1) is 10.4. The van der Waals surface area contributed by atoms with E-state index < -0.39 is 17.9 Å². The van der Waals surface area contributed by atoms with Gasteiger partial charge in [0.05, 0.1) is 12.8 Å². The van der Waals surface area contributed by atoms with Crippen LogP contribution in [0.4, 0.5) is 0 Å². The van der Waals surface area contributed by atoms with Crippen molar-refractivity contribution in [3.63, 3.8) is 0 Å². The van der Waals surface area contributed by atoms with Gasteiger partial charge in [0, 0.05) is 17.6 Å². The van der Waals surface area contributed by atoms with Crippen molar-refractivity contribution in [3.05, 3.63) is 41.0 Å². The Morgan fingerprint density at radius 3 is 2.55 bits per heavy atom. The van der Waals surface area contributed by atoms with Gasteiger partial charge in [0.1, 0.15) is 11.7 Å². The molecule has 0 fully saturated rings. The third-order valence-electron chi connectivity index (χ3n) is 3.15. The molecule has 0 aliphatic rings. The highest BCUT2D eigenvalue weighted by atomic mass is 35.5. The Morgan fingerprint density at radius 2 is 1.95 bits per heavy atom. The van der Waals surface area contributed by atoms with Crippen LogP contribution in [0.3, 0.4) is 0 Å². The second-order valence-corrected chi connectivity index (χ2v) is 5.20. The summed E-state index contributed by atoms with van der Waals surface area (Å²) in [5.74, 6) is -0.901. The molecule has 2 aromatic rings. The van der Waals surface area contributed by atoms with Crippen molar-refractivity contribution in [1.82, 2.24) is 15.1 Å². The highest BCUT2D eigenvalue weighted by Crippen LogP contribution is 2.21. The highest BCUT2D eigenvalue weighted by Gasteiger charge is 2.20. The second-order valence-electron chi connectivity index (χ2n) is 4.76. The Balaban J connectivity index is 2.21. The topological polar surface area (TPSA) is 73.2 Å². The molecule has 0 aliphatic heterocycles. The van der Waals surface area contributed by atoms with Gasteiger partial charge in [-0.3, -0.25) is 9.48 Å². The van der Waals surface area contributed by atoms with Gasteiger partial charge in [-0.25, -0.2) is 4.79 Å². The van der Waals surface area contributed by atoms with Crippen LogP contribution in [0.25, 0.3) is 11.3 Å². The van der Waals surface area contributed by atoms with Gasteiger partial charge in [-0.05, 0) is 25.1 Å². The number of hydrogen-bond acceptors (Lipinski definition) is 4. The van der Waals surface area contributed by atoms with Gasteiger partial charge in [-0.15, -0.1) is 0 Å². The summed E-state index contributed by atoms with van der Waals surface area (Å²) >= 11 is 5.85. The van der Waals surface area contributed by atoms with Crippen molar-refractivity contribution in [2.45, 2.75) is 13.0 Å². The lowest BCUT2D eigenvalue weighted by molar-refractivity contribution is -0.142. The molecule has 116 valence electrons. The van der Waals surface area contributed by atoms with Crippen LogP contribution in [0.15, 0.2) is 30.3 Å². The SMILES string of the molecule is COC(=O)[C@H](C)NC(=O)c1cc(-c2ccc(Cl)cc2)nn1C. The lowest BCUT2D eigenvalue weighted by Gasteiger charge is -2.11. The smallest absolute Gasteiger partial charge is 0.328 e. The molecule has 1 aromatic carbocycles. The van der Waals surface area contributed by atoms with Crippen LogP contribution in [0, 0.1) is 0 Å². The van der Waals surface area contributed by atoms with Gasteiger partial charge >= 0.3 is 5.97 Å². The van der Waals surface area contributed by atoms with Crippen LogP contribution < -0.4 is 5.32 Å². The zero-order valence-electron chi connectivity index (χ0n) is 12.5. The quantitative estimate of drug-likeness (QED) is 0.875. The average molecular weight is 322 g/mol. The molecule has 1 N–H and O–H groups in total. The first-order valence-corrected chi connectivity index (χ1v) is 6.99. The van der Waals surface area contributed by atoms with E-state index in [1.54, 1.807) is 32.2 Å². The van der Waals surface area contributed by atoms with E-state index >= 15 is 0 Å². The molecule has 1 aromatic heterocycles. The number of esters is 1. The maximum absolute atomic E-state index is 12.2. The molecule has 0 unspecified atom stereocenters. The van der Waals surface area contributed by atoms with Crippen LogP contribution in [0.1, 0.15) is 17.4 Å². The molecule has 1 amide bonds. The lowest BCUT2D eigenvalue weighted by Crippen LogP contribution is -2.39. The van der Waals surface area contributed by atoms with Crippen molar-refractivity contribution in [2.75, 3.05) is 7.11 Å². The molecular weight excluding hydrogens is 306 g/mol. The van der Waals surface area contributed by atoms with Crippen molar-refractivity contribution in [2.24, 2.45) is 7.05 Å². The number of ether oxygens (including phenoxy) is 1. The number of rotatable bonds is 4. The number of nitrogens with zero attached hydrogens (tertiary/aromatic N) is 2. The van der Waals surface area contributed by atoms with Crippen molar-refractivity contribution >= 4 is 23.5 Å². The Bertz CT molecular complexity index is 695. The van der Waals surface area contributed by atoms with Gasteiger partial charge < -0.3 is 10.1 Å². The fourth-order valence-corrected chi connectivity index (χ4v) is 2.07. The molecule has 0 saturated heterocycles. The summed E-state index contributed by atoms with van der Waals surface area (Å²) in [7, 11) is 2.94. The molecule has 1 atom stereocenters. The molecular formula is C15H16ClN3O3. The molecule has 0 saturated carbocycles. The summed E-state index contributed by atoms with van der Waals surface area (Å²) in [5.41, 5.74) is 1.84. The van der Waals surface area contributed by atoms with Crippen LogP contribution in [-0.2, 0) is 16.6 Å². The van der Waals surface area contributed by atoms with Crippen molar-refractivity contribution in [3.8, 4) is 11.3 Å². The van der Waals surface area contributed by atoms with E-state index in [0.29, 0.717) is 16.4 Å². The van der Waals surface area contributed by atoms with Gasteiger partial charge in [-0.1, -0.05) is 23.7 Å². The minimum Gasteiger partial charge on any atom is -0.467 e. The molecule has 0 bridgehead atoms. The van der Waals surface area contributed by atoms with E-state index in [1.807, 2.05) is 12.1 Å². The number of methoxy groups -OCH3 is 1. The van der Waals surface area contributed by atoms with Crippen molar-refractivity contribution in [1.29, 1.82) is 0 Å². The first kappa shape index (κ1) is 16.0. The number of amides is 1. The van der Waals surface area contributed by atoms with Gasteiger partial charge in [0.25, 0.3) is 5.91 Å². The predicted molar refractivity (Wildman–Crippen MR) is 82.6 cm³/mol. The van der Waals surface area contributed by atoms with E-state index in [4.69, 9.17) is 11.6 Å². The maximum Gasteiger partial charge on any atom is 0.328 e. The Kier molecular flexibility index (Phi) is 4.82. The number of halogens is 1. The molecule has 6 nitrogen and oxygen atoms in total. The molecule has 0 spiro atoms. The first-order valence-electron chi connectivity index (χ1n) is 6.61. The average Bonchev–Trinajstić information content (AvgIpc) is 2.89. The second kappa shape index (κ2) is 6.62. The van der Waals surface area contributed by atoms with E-state index in [-0.39, 0.29) is 0 Å². The maximum atomic E-state index is 12.2. The van der Waals surface area contributed by atoms with E-state index in [2.05, 4.69) is 15.2 Å². The molecule has 2 rings (SSSR count). The molecule has 22 heavy (non-hydrogen) atoms. The minimum absolute atomic E-state index is 0.348. The molecule has 0 aliphatic carbocycles. The number of nitrogens with one attached hydrogen (secondary N) is 1. The van der Waals surface area contributed by atoms with Crippen LogP contribution in [0.5, 0.6) is 0 Å². The van der Waals surface area contributed by atoms with E-state index in [1.165, 1.54) is 11.8 Å². The van der Waals surface area contributed by atoms with E-state index in [0.717, 1.165) is 5.56 Å². The van der Waals surface area contributed by atoms with Crippen LogP contribution in [-0.4, -0.2) is 34.8 Å². The summed E-state index contributed by atoms with van der Waals surface area (Å²) in [6.45, 7) is 1.56. The Labute approximate surface area is 133 Å². The van der Waals surface area contributed by atoms with Crippen molar-refractivity contribution < 1.29 is 14.3 Å². The third-order valence-corrected chi connectivity index (χ3v) is 3.41. The summed E-state index contributed by atoms with van der Waals surface area (Å²) in [5, 5.41) is 7.50. The number of aromatic nitrogens is 2. The fraction of sp³-hybridized carbons (Fsp3) is 0.267. The monoisotopic (exact) mass is 321 g/mol. The summed E-state index contributed by atoms with van der Waals surface area (Å²) in [4.78, 5) is 23.5. The number of carbonyl (C=O) groups excluding carboxylic acids is 2. The largest absolute Gasteiger partial charge is 0.467 e. The highest BCUT2D eigenvalue weighted by molar-refractivity contribution is 6.30. The number of aryl methyl sites for hydroxylation is 1. The zero-order valence-corrected chi connectivity index (χ0v) is 13.2. The van der Waals surface area contributed by atoms with Gasteiger partial charge in [0.15, 0.2) is 0 Å². The normalized spacial score (nSPS) is 11.8. The lowest BCUT2D eigenvalue weighted by atomic mass is 10.1.